The smallest absolute Gasteiger partial charge is 0.242 e. The quantitative estimate of drug-likeness (QED) is 0.713. The van der Waals surface area contributed by atoms with Crippen molar-refractivity contribution in [2.45, 2.75) is 52.7 Å². The summed E-state index contributed by atoms with van der Waals surface area (Å²) in [5.74, 6) is -0.195. The van der Waals surface area contributed by atoms with Gasteiger partial charge in [0, 0.05) is 17.1 Å². The average molecular weight is 431 g/mol. The Bertz CT molecular complexity index is 787. The maximum Gasteiger partial charge on any atom is 0.242 e. The van der Waals surface area contributed by atoms with E-state index in [9.17, 15) is 9.59 Å². The number of amides is 2. The van der Waals surface area contributed by atoms with E-state index in [-0.39, 0.29) is 24.3 Å². The predicted octanol–water partition coefficient (Wildman–Crippen LogP) is 4.24. The molecule has 0 heterocycles. The van der Waals surface area contributed by atoms with Gasteiger partial charge in [0.2, 0.25) is 11.8 Å². The highest BCUT2D eigenvalue weighted by Crippen LogP contribution is 2.16. The van der Waals surface area contributed by atoms with E-state index in [0.717, 1.165) is 21.2 Å². The fourth-order valence-electron chi connectivity index (χ4n) is 2.85. The number of hydrogen-bond acceptors (Lipinski definition) is 2. The van der Waals surface area contributed by atoms with Crippen LogP contribution in [0.25, 0.3) is 0 Å². The van der Waals surface area contributed by atoms with Crippen molar-refractivity contribution < 1.29 is 9.59 Å². The lowest BCUT2D eigenvalue weighted by Gasteiger charge is -2.29. The molecule has 5 heteroatoms. The summed E-state index contributed by atoms with van der Waals surface area (Å²) in [5.41, 5.74) is 3.05. The molecular weight excluding hydrogens is 404 g/mol. The second-order valence-corrected chi connectivity index (χ2v) is 8.01. The van der Waals surface area contributed by atoms with E-state index in [1.807, 2.05) is 69.3 Å². The molecule has 4 nitrogen and oxygen atoms in total. The molecule has 144 valence electrons. The Morgan fingerprint density at radius 1 is 1.04 bits per heavy atom. The summed E-state index contributed by atoms with van der Waals surface area (Å²) in [6, 6.07) is 15.1. The lowest BCUT2D eigenvalue weighted by atomic mass is 10.0. The van der Waals surface area contributed by atoms with Gasteiger partial charge in [-0.1, -0.05) is 52.3 Å². The summed E-state index contributed by atoms with van der Waals surface area (Å²) in [7, 11) is 0. The Labute approximate surface area is 170 Å². The molecule has 0 spiro atoms. The number of nitrogens with one attached hydrogen (secondary N) is 1. The number of halogens is 1. The molecule has 2 aromatic rings. The summed E-state index contributed by atoms with van der Waals surface area (Å²) >= 11 is 3.43. The summed E-state index contributed by atoms with van der Waals surface area (Å²) in [5, 5.41) is 2.91. The number of rotatable bonds is 7. The molecule has 0 saturated carbocycles. The van der Waals surface area contributed by atoms with Gasteiger partial charge in [-0.3, -0.25) is 9.59 Å². The largest absolute Gasteiger partial charge is 0.352 e. The van der Waals surface area contributed by atoms with Crippen LogP contribution >= 0.6 is 15.9 Å². The number of hydrogen-bond donors (Lipinski definition) is 1. The molecule has 0 bridgehead atoms. The maximum atomic E-state index is 13.1. The normalized spacial score (nSPS) is 11.9. The zero-order valence-corrected chi connectivity index (χ0v) is 17.9. The SMILES string of the molecule is Cc1ccccc1CC(=O)N(Cc1ccc(Br)cc1)[C@@H](C)C(=O)NC(C)C. The fraction of sp³-hybridized carbons (Fsp3) is 0.364. The van der Waals surface area contributed by atoms with Crippen molar-refractivity contribution >= 4 is 27.7 Å². The zero-order valence-electron chi connectivity index (χ0n) is 16.3. The zero-order chi connectivity index (χ0) is 20.0. The van der Waals surface area contributed by atoms with Gasteiger partial charge in [-0.25, -0.2) is 0 Å². The number of aryl methyl sites for hydroxylation is 1. The first-order chi connectivity index (χ1) is 12.8. The van der Waals surface area contributed by atoms with Crippen LogP contribution in [0.1, 0.15) is 37.5 Å². The Hall–Kier alpha value is -2.14. The second-order valence-electron chi connectivity index (χ2n) is 7.09. The maximum absolute atomic E-state index is 13.1. The van der Waals surface area contributed by atoms with E-state index in [4.69, 9.17) is 0 Å². The molecule has 0 fully saturated rings. The van der Waals surface area contributed by atoms with Crippen molar-refractivity contribution in [1.29, 1.82) is 0 Å². The highest BCUT2D eigenvalue weighted by Gasteiger charge is 2.26. The van der Waals surface area contributed by atoms with Crippen molar-refractivity contribution in [3.05, 3.63) is 69.7 Å². The Kier molecular flexibility index (Phi) is 7.60. The van der Waals surface area contributed by atoms with Crippen LogP contribution in [0, 0.1) is 6.92 Å². The molecule has 0 aliphatic carbocycles. The molecule has 2 rings (SSSR count). The minimum atomic E-state index is -0.549. The summed E-state index contributed by atoms with van der Waals surface area (Å²) in [6.45, 7) is 8.01. The topological polar surface area (TPSA) is 49.4 Å². The van der Waals surface area contributed by atoms with Gasteiger partial charge in [0.25, 0.3) is 0 Å². The van der Waals surface area contributed by atoms with Crippen molar-refractivity contribution in [1.82, 2.24) is 10.2 Å². The molecule has 0 saturated heterocycles. The van der Waals surface area contributed by atoms with E-state index in [1.165, 1.54) is 0 Å². The summed E-state index contributed by atoms with van der Waals surface area (Å²) < 4.78 is 0.981. The lowest BCUT2D eigenvalue weighted by Crippen LogP contribution is -2.49. The fourth-order valence-corrected chi connectivity index (χ4v) is 3.11. The standard InChI is InChI=1S/C22H27BrN2O2/c1-15(2)24-22(27)17(4)25(14-18-9-11-20(23)12-10-18)21(26)13-19-8-6-5-7-16(19)3/h5-12,15,17H,13-14H2,1-4H3,(H,24,27)/t17-/m0/s1. The third kappa shape index (κ3) is 6.21. The van der Waals surface area contributed by atoms with Gasteiger partial charge in [0.15, 0.2) is 0 Å². The van der Waals surface area contributed by atoms with Crippen LogP contribution in [0.15, 0.2) is 53.0 Å². The van der Waals surface area contributed by atoms with E-state index in [2.05, 4.69) is 21.2 Å². The molecular formula is C22H27BrN2O2. The molecule has 1 N–H and O–H groups in total. The summed E-state index contributed by atoms with van der Waals surface area (Å²) in [4.78, 5) is 27.3. The molecule has 0 aliphatic heterocycles. The first kappa shape index (κ1) is 21.2. The second kappa shape index (κ2) is 9.70. The number of benzene rings is 2. The summed E-state index contributed by atoms with van der Waals surface area (Å²) in [6.07, 6.45) is 0.280. The van der Waals surface area contributed by atoms with Gasteiger partial charge in [-0.2, -0.15) is 0 Å². The third-order valence-corrected chi connectivity index (χ3v) is 5.00. The van der Waals surface area contributed by atoms with Gasteiger partial charge in [0.1, 0.15) is 6.04 Å². The van der Waals surface area contributed by atoms with E-state index in [0.29, 0.717) is 6.54 Å². The van der Waals surface area contributed by atoms with Crippen molar-refractivity contribution in [2.24, 2.45) is 0 Å². The van der Waals surface area contributed by atoms with E-state index < -0.39 is 6.04 Å². The van der Waals surface area contributed by atoms with Gasteiger partial charge >= 0.3 is 0 Å². The number of carbonyl (C=O) groups is 2. The molecule has 2 aromatic carbocycles. The molecule has 27 heavy (non-hydrogen) atoms. The van der Waals surface area contributed by atoms with Crippen LogP contribution in [0.5, 0.6) is 0 Å². The van der Waals surface area contributed by atoms with Crippen molar-refractivity contribution in [3.63, 3.8) is 0 Å². The van der Waals surface area contributed by atoms with E-state index >= 15 is 0 Å². The van der Waals surface area contributed by atoms with Crippen molar-refractivity contribution in [2.75, 3.05) is 0 Å². The first-order valence-electron chi connectivity index (χ1n) is 9.16. The Morgan fingerprint density at radius 3 is 2.26 bits per heavy atom. The molecule has 0 radical (unpaired) electrons. The number of nitrogens with zero attached hydrogens (tertiary/aromatic N) is 1. The van der Waals surface area contributed by atoms with Gasteiger partial charge in [-0.05, 0) is 56.5 Å². The van der Waals surface area contributed by atoms with Crippen LogP contribution in [0.2, 0.25) is 0 Å². The molecule has 2 amide bonds. The van der Waals surface area contributed by atoms with Crippen LogP contribution < -0.4 is 5.32 Å². The van der Waals surface area contributed by atoms with Crippen LogP contribution in [-0.2, 0) is 22.6 Å². The number of carbonyl (C=O) groups excluding carboxylic acids is 2. The minimum Gasteiger partial charge on any atom is -0.352 e. The van der Waals surface area contributed by atoms with Gasteiger partial charge in [-0.15, -0.1) is 0 Å². The average Bonchev–Trinajstić information content (AvgIpc) is 2.62. The monoisotopic (exact) mass is 430 g/mol. The first-order valence-corrected chi connectivity index (χ1v) is 9.96. The highest BCUT2D eigenvalue weighted by molar-refractivity contribution is 9.10. The predicted molar refractivity (Wildman–Crippen MR) is 112 cm³/mol. The van der Waals surface area contributed by atoms with Gasteiger partial charge in [0.05, 0.1) is 6.42 Å². The van der Waals surface area contributed by atoms with Crippen LogP contribution in [-0.4, -0.2) is 28.8 Å². The third-order valence-electron chi connectivity index (χ3n) is 4.47. The van der Waals surface area contributed by atoms with Gasteiger partial charge < -0.3 is 10.2 Å². The van der Waals surface area contributed by atoms with Crippen LogP contribution in [0.3, 0.4) is 0 Å². The lowest BCUT2D eigenvalue weighted by molar-refractivity contribution is -0.140. The molecule has 0 aromatic heterocycles. The Balaban J connectivity index is 2.24. The minimum absolute atomic E-state index is 0.0287. The highest BCUT2D eigenvalue weighted by atomic mass is 79.9. The Morgan fingerprint density at radius 2 is 1.67 bits per heavy atom. The van der Waals surface area contributed by atoms with E-state index in [1.54, 1.807) is 11.8 Å². The van der Waals surface area contributed by atoms with Crippen molar-refractivity contribution in [3.8, 4) is 0 Å². The van der Waals surface area contributed by atoms with Crippen LogP contribution in [0.4, 0.5) is 0 Å². The molecule has 1 atom stereocenters. The molecule has 0 unspecified atom stereocenters. The molecule has 0 aliphatic rings.